The van der Waals surface area contributed by atoms with Crippen molar-refractivity contribution in [2.45, 2.75) is 32.7 Å². The number of benzene rings is 1. The standard InChI is InChI=1S/C15H20ClN3O/c1-2-6-19-15(17-11-18-19)9-13(10-20)7-12-4-3-5-14(16)8-12/h3-5,8,11,13,20H,2,6-7,9-10H2,1H3. The fourth-order valence-electron chi connectivity index (χ4n) is 2.30. The second kappa shape index (κ2) is 7.41. The maximum atomic E-state index is 9.59. The molecule has 1 unspecified atom stereocenters. The molecule has 2 aromatic rings. The van der Waals surface area contributed by atoms with Gasteiger partial charge in [-0.1, -0.05) is 30.7 Å². The molecule has 0 saturated heterocycles. The van der Waals surface area contributed by atoms with Crippen LogP contribution in [0.4, 0.5) is 0 Å². The molecule has 0 aliphatic rings. The SMILES string of the molecule is CCCn1ncnc1CC(CO)Cc1cccc(Cl)c1. The molecule has 108 valence electrons. The zero-order valence-electron chi connectivity index (χ0n) is 11.7. The summed E-state index contributed by atoms with van der Waals surface area (Å²) in [6.07, 6.45) is 4.12. The molecule has 5 heteroatoms. The van der Waals surface area contributed by atoms with Crippen molar-refractivity contribution in [1.82, 2.24) is 14.8 Å². The van der Waals surface area contributed by atoms with E-state index in [1.807, 2.05) is 28.9 Å². The Bertz CT molecular complexity index is 541. The first-order valence-corrected chi connectivity index (χ1v) is 7.32. The number of hydrogen-bond donors (Lipinski definition) is 1. The summed E-state index contributed by atoms with van der Waals surface area (Å²) >= 11 is 5.99. The molecule has 0 fully saturated rings. The zero-order chi connectivity index (χ0) is 14.4. The van der Waals surface area contributed by atoms with E-state index in [1.165, 1.54) is 0 Å². The summed E-state index contributed by atoms with van der Waals surface area (Å²) in [7, 11) is 0. The smallest absolute Gasteiger partial charge is 0.138 e. The highest BCUT2D eigenvalue weighted by Crippen LogP contribution is 2.17. The van der Waals surface area contributed by atoms with Crippen LogP contribution in [0.3, 0.4) is 0 Å². The van der Waals surface area contributed by atoms with Gasteiger partial charge in [-0.2, -0.15) is 5.10 Å². The van der Waals surface area contributed by atoms with Crippen molar-refractivity contribution in [2.75, 3.05) is 6.61 Å². The largest absolute Gasteiger partial charge is 0.396 e. The first-order valence-electron chi connectivity index (χ1n) is 6.95. The van der Waals surface area contributed by atoms with E-state index in [9.17, 15) is 5.11 Å². The highest BCUT2D eigenvalue weighted by atomic mass is 35.5. The molecule has 0 bridgehead atoms. The molecular formula is C15H20ClN3O. The van der Waals surface area contributed by atoms with E-state index in [0.29, 0.717) is 0 Å². The molecule has 0 aliphatic heterocycles. The van der Waals surface area contributed by atoms with Crippen molar-refractivity contribution in [3.8, 4) is 0 Å². The van der Waals surface area contributed by atoms with E-state index in [-0.39, 0.29) is 12.5 Å². The van der Waals surface area contributed by atoms with E-state index >= 15 is 0 Å². The molecule has 0 radical (unpaired) electrons. The topological polar surface area (TPSA) is 50.9 Å². The van der Waals surface area contributed by atoms with Crippen LogP contribution in [0.25, 0.3) is 0 Å². The molecule has 0 aliphatic carbocycles. The lowest BCUT2D eigenvalue weighted by molar-refractivity contribution is 0.221. The monoisotopic (exact) mass is 293 g/mol. The van der Waals surface area contributed by atoms with Crippen LogP contribution in [0, 0.1) is 5.92 Å². The third-order valence-electron chi connectivity index (χ3n) is 3.27. The van der Waals surface area contributed by atoms with Crippen LogP contribution in [0.1, 0.15) is 24.7 Å². The van der Waals surface area contributed by atoms with Gasteiger partial charge in [0.1, 0.15) is 12.2 Å². The average Bonchev–Trinajstić information content (AvgIpc) is 2.86. The molecule has 0 saturated carbocycles. The maximum absolute atomic E-state index is 9.59. The Hall–Kier alpha value is -1.39. The number of aromatic nitrogens is 3. The molecular weight excluding hydrogens is 274 g/mol. The Morgan fingerprint density at radius 2 is 2.20 bits per heavy atom. The molecule has 1 aromatic heterocycles. The van der Waals surface area contributed by atoms with Gasteiger partial charge in [0.15, 0.2) is 0 Å². The van der Waals surface area contributed by atoms with Crippen LogP contribution in [0.5, 0.6) is 0 Å². The molecule has 0 amide bonds. The fraction of sp³-hybridized carbons (Fsp3) is 0.467. The van der Waals surface area contributed by atoms with Crippen molar-refractivity contribution in [2.24, 2.45) is 5.92 Å². The van der Waals surface area contributed by atoms with Crippen LogP contribution >= 0.6 is 11.6 Å². The van der Waals surface area contributed by atoms with E-state index < -0.39 is 0 Å². The van der Waals surface area contributed by atoms with Gasteiger partial charge in [-0.3, -0.25) is 4.68 Å². The second-order valence-electron chi connectivity index (χ2n) is 4.99. The van der Waals surface area contributed by atoms with Gasteiger partial charge in [-0.25, -0.2) is 4.98 Å². The Morgan fingerprint density at radius 3 is 2.90 bits per heavy atom. The lowest BCUT2D eigenvalue weighted by Crippen LogP contribution is -2.17. The lowest BCUT2D eigenvalue weighted by atomic mass is 9.96. The third-order valence-corrected chi connectivity index (χ3v) is 3.51. The van der Waals surface area contributed by atoms with Crippen molar-refractivity contribution in [3.63, 3.8) is 0 Å². The minimum Gasteiger partial charge on any atom is -0.396 e. The molecule has 1 heterocycles. The zero-order valence-corrected chi connectivity index (χ0v) is 12.4. The number of nitrogens with zero attached hydrogens (tertiary/aromatic N) is 3. The first-order chi connectivity index (χ1) is 9.72. The molecule has 1 aromatic carbocycles. The number of aryl methyl sites for hydroxylation is 1. The molecule has 1 N–H and O–H groups in total. The first kappa shape index (κ1) is 15.0. The molecule has 20 heavy (non-hydrogen) atoms. The lowest BCUT2D eigenvalue weighted by Gasteiger charge is -2.14. The van der Waals surface area contributed by atoms with Gasteiger partial charge in [0.25, 0.3) is 0 Å². The Balaban J connectivity index is 2.03. The van der Waals surface area contributed by atoms with Crippen LogP contribution in [-0.4, -0.2) is 26.5 Å². The van der Waals surface area contributed by atoms with Crippen LogP contribution in [0.2, 0.25) is 5.02 Å². The Labute approximate surface area is 124 Å². The van der Waals surface area contributed by atoms with E-state index in [1.54, 1.807) is 6.33 Å². The van der Waals surface area contributed by atoms with Gasteiger partial charge in [-0.15, -0.1) is 0 Å². The predicted octanol–water partition coefficient (Wildman–Crippen LogP) is 2.74. The number of halogens is 1. The highest BCUT2D eigenvalue weighted by molar-refractivity contribution is 6.30. The summed E-state index contributed by atoms with van der Waals surface area (Å²) < 4.78 is 1.92. The molecule has 1 atom stereocenters. The number of hydrogen-bond acceptors (Lipinski definition) is 3. The average molecular weight is 294 g/mol. The van der Waals surface area contributed by atoms with Crippen molar-refractivity contribution in [1.29, 1.82) is 0 Å². The normalized spacial score (nSPS) is 12.6. The fourth-order valence-corrected chi connectivity index (χ4v) is 2.51. The van der Waals surface area contributed by atoms with E-state index in [4.69, 9.17) is 11.6 Å². The van der Waals surface area contributed by atoms with Crippen LogP contribution in [0.15, 0.2) is 30.6 Å². The molecule has 2 rings (SSSR count). The van der Waals surface area contributed by atoms with E-state index in [0.717, 1.165) is 42.2 Å². The van der Waals surface area contributed by atoms with Crippen LogP contribution in [-0.2, 0) is 19.4 Å². The highest BCUT2D eigenvalue weighted by Gasteiger charge is 2.14. The number of aliphatic hydroxyl groups excluding tert-OH is 1. The van der Waals surface area contributed by atoms with Gasteiger partial charge < -0.3 is 5.11 Å². The van der Waals surface area contributed by atoms with Gasteiger partial charge in [0.2, 0.25) is 0 Å². The van der Waals surface area contributed by atoms with Gasteiger partial charge in [0.05, 0.1) is 0 Å². The maximum Gasteiger partial charge on any atom is 0.138 e. The minimum absolute atomic E-state index is 0.130. The Morgan fingerprint density at radius 1 is 1.35 bits per heavy atom. The second-order valence-corrected chi connectivity index (χ2v) is 5.42. The summed E-state index contributed by atoms with van der Waals surface area (Å²) in [5.41, 5.74) is 1.14. The minimum atomic E-state index is 0.130. The summed E-state index contributed by atoms with van der Waals surface area (Å²) in [5, 5.41) is 14.5. The molecule has 0 spiro atoms. The van der Waals surface area contributed by atoms with Gasteiger partial charge in [0, 0.05) is 24.6 Å². The Kier molecular flexibility index (Phi) is 5.56. The van der Waals surface area contributed by atoms with Gasteiger partial charge >= 0.3 is 0 Å². The summed E-state index contributed by atoms with van der Waals surface area (Å²) in [6.45, 7) is 3.11. The molecule has 4 nitrogen and oxygen atoms in total. The predicted molar refractivity (Wildman–Crippen MR) is 79.7 cm³/mol. The van der Waals surface area contributed by atoms with Crippen molar-refractivity contribution >= 4 is 11.6 Å². The third kappa shape index (κ3) is 4.05. The number of rotatable bonds is 7. The number of aliphatic hydroxyl groups is 1. The summed E-state index contributed by atoms with van der Waals surface area (Å²) in [4.78, 5) is 4.30. The summed E-state index contributed by atoms with van der Waals surface area (Å²) in [6, 6.07) is 7.77. The van der Waals surface area contributed by atoms with Gasteiger partial charge in [-0.05, 0) is 36.5 Å². The summed E-state index contributed by atoms with van der Waals surface area (Å²) in [5.74, 6) is 1.07. The van der Waals surface area contributed by atoms with E-state index in [2.05, 4.69) is 17.0 Å². The van der Waals surface area contributed by atoms with Crippen LogP contribution < -0.4 is 0 Å². The van der Waals surface area contributed by atoms with Crippen molar-refractivity contribution < 1.29 is 5.11 Å². The van der Waals surface area contributed by atoms with Crippen molar-refractivity contribution in [3.05, 3.63) is 47.0 Å². The quantitative estimate of drug-likeness (QED) is 0.854.